The van der Waals surface area contributed by atoms with E-state index in [-0.39, 0.29) is 0 Å². The molecule has 0 aliphatic carbocycles. The van der Waals surface area contributed by atoms with E-state index in [0.29, 0.717) is 17.5 Å². The molecule has 5 nitrogen and oxygen atoms in total. The number of nitriles is 1. The van der Waals surface area contributed by atoms with Crippen molar-refractivity contribution in [3.05, 3.63) is 16.8 Å². The van der Waals surface area contributed by atoms with Gasteiger partial charge in [-0.05, 0) is 65.1 Å². The lowest BCUT2D eigenvalue weighted by molar-refractivity contribution is 0.370. The van der Waals surface area contributed by atoms with Gasteiger partial charge in [0, 0.05) is 12.6 Å². The Kier molecular flexibility index (Phi) is 5.13. The number of piperidine rings is 1. The van der Waals surface area contributed by atoms with E-state index in [1.54, 1.807) is 0 Å². The molecular formula is C16H25N5. The van der Waals surface area contributed by atoms with Gasteiger partial charge in [-0.3, -0.25) is 0 Å². The minimum absolute atomic E-state index is 0.301. The predicted molar refractivity (Wildman–Crippen MR) is 84.3 cm³/mol. The zero-order chi connectivity index (χ0) is 15.4. The lowest BCUT2D eigenvalue weighted by Crippen LogP contribution is -2.42. The molecule has 1 saturated heterocycles. The van der Waals surface area contributed by atoms with E-state index >= 15 is 0 Å². The molecule has 1 aromatic heterocycles. The highest BCUT2D eigenvalue weighted by Gasteiger charge is 2.23. The molecule has 1 aromatic rings. The Labute approximate surface area is 127 Å². The third kappa shape index (κ3) is 3.51. The Balaban J connectivity index is 2.30. The van der Waals surface area contributed by atoms with E-state index in [1.807, 2.05) is 13.8 Å². The van der Waals surface area contributed by atoms with Gasteiger partial charge in [-0.25, -0.2) is 0 Å². The number of nitrogens with zero attached hydrogens (tertiary/aromatic N) is 4. The zero-order valence-corrected chi connectivity index (χ0v) is 13.5. The molecule has 5 heteroatoms. The van der Waals surface area contributed by atoms with Crippen LogP contribution >= 0.6 is 0 Å². The first kappa shape index (κ1) is 15.7. The summed E-state index contributed by atoms with van der Waals surface area (Å²) in [7, 11) is 0. The van der Waals surface area contributed by atoms with Crippen molar-refractivity contribution in [1.82, 2.24) is 15.5 Å². The Morgan fingerprint density at radius 1 is 1.38 bits per heavy atom. The van der Waals surface area contributed by atoms with Crippen molar-refractivity contribution in [1.29, 1.82) is 5.26 Å². The van der Waals surface area contributed by atoms with Crippen LogP contribution in [0, 0.1) is 31.1 Å². The summed E-state index contributed by atoms with van der Waals surface area (Å²) in [4.78, 5) is 2.23. The molecule has 0 amide bonds. The molecule has 21 heavy (non-hydrogen) atoms. The maximum absolute atomic E-state index is 9.50. The summed E-state index contributed by atoms with van der Waals surface area (Å²) in [5.74, 6) is 1.34. The quantitative estimate of drug-likeness (QED) is 0.919. The van der Waals surface area contributed by atoms with E-state index in [2.05, 4.69) is 40.3 Å². The fraction of sp³-hybridized carbons (Fsp3) is 0.688. The maximum Gasteiger partial charge on any atom is 0.169 e. The summed E-state index contributed by atoms with van der Waals surface area (Å²) < 4.78 is 0. The highest BCUT2D eigenvalue weighted by Crippen LogP contribution is 2.25. The standard InChI is InChI=1S/C16H25N5/c1-11(2)21(10-14-6-5-7-18-9-14)16-15(8-17)12(3)13(4)19-20-16/h11,14,18H,5-7,9-10H2,1-4H3. The number of anilines is 1. The summed E-state index contributed by atoms with van der Waals surface area (Å²) in [5, 5.41) is 21.5. The number of hydrogen-bond acceptors (Lipinski definition) is 5. The van der Waals surface area contributed by atoms with Crippen molar-refractivity contribution >= 4 is 5.82 Å². The van der Waals surface area contributed by atoms with Gasteiger partial charge in [-0.15, -0.1) is 5.10 Å². The van der Waals surface area contributed by atoms with Crippen LogP contribution < -0.4 is 10.2 Å². The van der Waals surface area contributed by atoms with Crippen LogP contribution in [-0.2, 0) is 0 Å². The third-order valence-electron chi connectivity index (χ3n) is 4.30. The number of hydrogen-bond donors (Lipinski definition) is 1. The Morgan fingerprint density at radius 2 is 2.14 bits per heavy atom. The topological polar surface area (TPSA) is 64.8 Å². The van der Waals surface area contributed by atoms with Gasteiger partial charge in [-0.2, -0.15) is 10.4 Å². The Morgan fingerprint density at radius 3 is 2.71 bits per heavy atom. The lowest BCUT2D eigenvalue weighted by atomic mass is 9.98. The molecule has 1 aliphatic heterocycles. The van der Waals surface area contributed by atoms with E-state index in [4.69, 9.17) is 0 Å². The van der Waals surface area contributed by atoms with Crippen LogP contribution in [0.1, 0.15) is 43.5 Å². The summed E-state index contributed by atoms with van der Waals surface area (Å²) in [5.41, 5.74) is 2.44. The normalized spacial score (nSPS) is 18.6. The second-order valence-corrected chi connectivity index (χ2v) is 6.18. The molecule has 0 bridgehead atoms. The van der Waals surface area contributed by atoms with Crippen molar-refractivity contribution < 1.29 is 0 Å². The van der Waals surface area contributed by atoms with Crippen molar-refractivity contribution in [3.8, 4) is 6.07 Å². The number of rotatable bonds is 4. The summed E-state index contributed by atoms with van der Waals surface area (Å²) in [6.07, 6.45) is 2.46. The first-order chi connectivity index (χ1) is 10.0. The first-order valence-electron chi connectivity index (χ1n) is 7.76. The van der Waals surface area contributed by atoms with Gasteiger partial charge in [0.05, 0.1) is 5.69 Å². The van der Waals surface area contributed by atoms with Gasteiger partial charge in [0.1, 0.15) is 11.6 Å². The lowest BCUT2D eigenvalue weighted by Gasteiger charge is -2.34. The smallest absolute Gasteiger partial charge is 0.169 e. The summed E-state index contributed by atoms with van der Waals surface area (Å²) in [6.45, 7) is 11.2. The molecule has 1 N–H and O–H groups in total. The fourth-order valence-corrected chi connectivity index (χ4v) is 2.83. The molecule has 1 fully saturated rings. The molecule has 114 valence electrons. The van der Waals surface area contributed by atoms with Crippen LogP contribution in [0.4, 0.5) is 5.82 Å². The second kappa shape index (κ2) is 6.86. The molecule has 0 radical (unpaired) electrons. The highest BCUT2D eigenvalue weighted by molar-refractivity contribution is 5.58. The SMILES string of the molecule is Cc1nnc(N(CC2CCCNC2)C(C)C)c(C#N)c1C. The average molecular weight is 287 g/mol. The molecule has 0 saturated carbocycles. The minimum Gasteiger partial charge on any atom is -0.351 e. The molecule has 1 atom stereocenters. The fourth-order valence-electron chi connectivity index (χ4n) is 2.83. The van der Waals surface area contributed by atoms with Crippen molar-refractivity contribution in [3.63, 3.8) is 0 Å². The van der Waals surface area contributed by atoms with Crippen molar-refractivity contribution in [2.75, 3.05) is 24.5 Å². The average Bonchev–Trinajstić information content (AvgIpc) is 2.48. The molecule has 0 aromatic carbocycles. The monoisotopic (exact) mass is 287 g/mol. The zero-order valence-electron chi connectivity index (χ0n) is 13.5. The Bertz CT molecular complexity index is 526. The number of aromatic nitrogens is 2. The van der Waals surface area contributed by atoms with Gasteiger partial charge in [0.25, 0.3) is 0 Å². The minimum atomic E-state index is 0.301. The molecule has 2 rings (SSSR count). The van der Waals surface area contributed by atoms with Crippen LogP contribution in [0.5, 0.6) is 0 Å². The van der Waals surface area contributed by atoms with E-state index in [0.717, 1.165) is 36.7 Å². The molecule has 0 spiro atoms. The molecular weight excluding hydrogens is 262 g/mol. The van der Waals surface area contributed by atoms with Gasteiger partial charge >= 0.3 is 0 Å². The number of nitrogens with one attached hydrogen (secondary N) is 1. The number of aryl methyl sites for hydroxylation is 1. The van der Waals surface area contributed by atoms with Gasteiger partial charge < -0.3 is 10.2 Å². The first-order valence-corrected chi connectivity index (χ1v) is 7.76. The third-order valence-corrected chi connectivity index (χ3v) is 4.30. The van der Waals surface area contributed by atoms with Crippen molar-refractivity contribution in [2.45, 2.75) is 46.6 Å². The van der Waals surface area contributed by atoms with Crippen LogP contribution in [-0.4, -0.2) is 35.9 Å². The van der Waals surface area contributed by atoms with Crippen LogP contribution in [0.2, 0.25) is 0 Å². The van der Waals surface area contributed by atoms with Gasteiger partial charge in [0.15, 0.2) is 5.82 Å². The molecule has 1 unspecified atom stereocenters. The largest absolute Gasteiger partial charge is 0.351 e. The summed E-state index contributed by atoms with van der Waals surface area (Å²) in [6, 6.07) is 2.62. The van der Waals surface area contributed by atoms with E-state index < -0.39 is 0 Å². The molecule has 1 aliphatic rings. The Hall–Kier alpha value is -1.67. The van der Waals surface area contributed by atoms with Gasteiger partial charge in [0.2, 0.25) is 0 Å². The van der Waals surface area contributed by atoms with E-state index in [9.17, 15) is 5.26 Å². The van der Waals surface area contributed by atoms with Crippen LogP contribution in [0.25, 0.3) is 0 Å². The molecule has 2 heterocycles. The van der Waals surface area contributed by atoms with E-state index in [1.165, 1.54) is 12.8 Å². The summed E-state index contributed by atoms with van der Waals surface area (Å²) >= 11 is 0. The van der Waals surface area contributed by atoms with Crippen LogP contribution in [0.3, 0.4) is 0 Å². The highest BCUT2D eigenvalue weighted by atomic mass is 15.3. The maximum atomic E-state index is 9.50. The van der Waals surface area contributed by atoms with Crippen molar-refractivity contribution in [2.24, 2.45) is 5.92 Å². The predicted octanol–water partition coefficient (Wildman–Crippen LogP) is 2.18. The van der Waals surface area contributed by atoms with Gasteiger partial charge in [-0.1, -0.05) is 0 Å². The van der Waals surface area contributed by atoms with Crippen LogP contribution in [0.15, 0.2) is 0 Å². The second-order valence-electron chi connectivity index (χ2n) is 6.18.